The van der Waals surface area contributed by atoms with Gasteiger partial charge in [-0.2, -0.15) is 18.0 Å². The fraction of sp³-hybridized carbons (Fsp3) is 0.176. The number of Topliss-reactive ketones (excluding diaryl/α,β-unsaturated/α-hetero) is 1. The molecule has 3 aromatic rings. The Kier molecular flexibility index (Phi) is 4.91. The summed E-state index contributed by atoms with van der Waals surface area (Å²) in [6, 6.07) is 8.46. The third-order valence-electron chi connectivity index (χ3n) is 3.91. The number of carbonyl (C=O) groups is 1. The van der Waals surface area contributed by atoms with Crippen LogP contribution in [0.5, 0.6) is 0 Å². The van der Waals surface area contributed by atoms with Gasteiger partial charge in [0.15, 0.2) is 5.78 Å². The van der Waals surface area contributed by atoms with Gasteiger partial charge >= 0.3 is 6.18 Å². The Hall–Kier alpha value is -3.63. The van der Waals surface area contributed by atoms with Crippen LogP contribution in [-0.4, -0.2) is 30.9 Å². The second-order valence-electron chi connectivity index (χ2n) is 5.90. The molecule has 1 aromatic heterocycles. The minimum absolute atomic E-state index is 0.0752. The molecule has 0 amide bonds. The first-order valence-electron chi connectivity index (χ1n) is 7.89. The van der Waals surface area contributed by atoms with Crippen molar-refractivity contribution < 1.29 is 22.9 Å². The number of rotatable bonds is 5. The zero-order valence-corrected chi connectivity index (χ0v) is 14.3. The third kappa shape index (κ3) is 4.03. The van der Waals surface area contributed by atoms with Gasteiger partial charge in [0.2, 0.25) is 5.82 Å². The fourth-order valence-corrected chi connectivity index (χ4v) is 2.46. The van der Waals surface area contributed by atoms with Crippen LogP contribution in [0.1, 0.15) is 21.5 Å². The van der Waals surface area contributed by atoms with Crippen molar-refractivity contribution in [2.45, 2.75) is 19.6 Å². The second-order valence-corrected chi connectivity index (χ2v) is 5.90. The fourth-order valence-electron chi connectivity index (χ4n) is 2.46. The topological polar surface area (TPSA) is 104 Å². The highest BCUT2D eigenvalue weighted by Crippen LogP contribution is 2.31. The van der Waals surface area contributed by atoms with Crippen molar-refractivity contribution in [1.29, 1.82) is 0 Å². The van der Waals surface area contributed by atoms with Crippen LogP contribution >= 0.6 is 0 Å². The van der Waals surface area contributed by atoms with Gasteiger partial charge in [-0.25, -0.2) is 0 Å². The highest BCUT2D eigenvalue weighted by atomic mass is 19.4. The molecule has 0 aliphatic heterocycles. The molecule has 0 bridgehead atoms. The summed E-state index contributed by atoms with van der Waals surface area (Å²) >= 11 is 0. The highest BCUT2D eigenvalue weighted by Gasteiger charge is 2.30. The maximum atomic E-state index is 12.8. The molecule has 0 aliphatic rings. The number of carbonyl (C=O) groups excluding carboxylic acids is 1. The zero-order valence-electron chi connectivity index (χ0n) is 14.3. The second kappa shape index (κ2) is 7.18. The predicted octanol–water partition coefficient (Wildman–Crippen LogP) is 3.46. The largest absolute Gasteiger partial charge is 0.416 e. The lowest BCUT2D eigenvalue weighted by Gasteiger charge is -2.06. The SMILES string of the molecule is Cc1ccc(C(=O)Cn2nnc(-c3cccc(C(F)(F)F)c3)n2)cc1[N+](=O)[O-]. The number of halogens is 3. The molecule has 144 valence electrons. The smallest absolute Gasteiger partial charge is 0.292 e. The molecule has 0 atom stereocenters. The average molecular weight is 391 g/mol. The molecule has 0 spiro atoms. The van der Waals surface area contributed by atoms with E-state index in [1.807, 2.05) is 0 Å². The van der Waals surface area contributed by atoms with Crippen LogP contribution in [0.25, 0.3) is 11.4 Å². The molecule has 0 N–H and O–H groups in total. The van der Waals surface area contributed by atoms with Gasteiger partial charge in [-0.3, -0.25) is 14.9 Å². The number of hydrogen-bond acceptors (Lipinski definition) is 6. The number of nitro groups is 1. The first-order chi connectivity index (χ1) is 13.1. The monoisotopic (exact) mass is 391 g/mol. The Morgan fingerprint density at radius 2 is 1.96 bits per heavy atom. The Morgan fingerprint density at radius 3 is 2.64 bits per heavy atom. The lowest BCUT2D eigenvalue weighted by molar-refractivity contribution is -0.385. The molecule has 3 rings (SSSR count). The molecule has 0 fully saturated rings. The zero-order chi connectivity index (χ0) is 20.5. The van der Waals surface area contributed by atoms with E-state index in [0.29, 0.717) is 5.56 Å². The number of alkyl halides is 3. The predicted molar refractivity (Wildman–Crippen MR) is 90.4 cm³/mol. The number of tetrazole rings is 1. The Morgan fingerprint density at radius 1 is 1.21 bits per heavy atom. The minimum Gasteiger partial charge on any atom is -0.292 e. The van der Waals surface area contributed by atoms with Crippen LogP contribution in [0.15, 0.2) is 42.5 Å². The summed E-state index contributed by atoms with van der Waals surface area (Å²) in [5.41, 5.74) is -0.451. The number of benzene rings is 2. The van der Waals surface area contributed by atoms with Crippen molar-refractivity contribution >= 4 is 11.5 Å². The van der Waals surface area contributed by atoms with Gasteiger partial charge in [0.05, 0.1) is 10.5 Å². The molecule has 1 heterocycles. The molecule has 11 heteroatoms. The van der Waals surface area contributed by atoms with Crippen LogP contribution in [0.4, 0.5) is 18.9 Å². The van der Waals surface area contributed by atoms with Crippen LogP contribution in [0.3, 0.4) is 0 Å². The van der Waals surface area contributed by atoms with E-state index < -0.39 is 22.4 Å². The van der Waals surface area contributed by atoms with E-state index in [4.69, 9.17) is 0 Å². The summed E-state index contributed by atoms with van der Waals surface area (Å²) < 4.78 is 38.4. The first-order valence-corrected chi connectivity index (χ1v) is 7.89. The lowest BCUT2D eigenvalue weighted by atomic mass is 10.1. The Labute approximate surface area is 155 Å². The van der Waals surface area contributed by atoms with Crippen molar-refractivity contribution in [1.82, 2.24) is 20.2 Å². The maximum Gasteiger partial charge on any atom is 0.416 e. The van der Waals surface area contributed by atoms with E-state index in [9.17, 15) is 28.1 Å². The molecular formula is C17H12F3N5O3. The van der Waals surface area contributed by atoms with Gasteiger partial charge in [-0.15, -0.1) is 10.2 Å². The normalized spacial score (nSPS) is 11.4. The minimum atomic E-state index is -4.51. The van der Waals surface area contributed by atoms with E-state index in [0.717, 1.165) is 23.0 Å². The third-order valence-corrected chi connectivity index (χ3v) is 3.91. The molecule has 0 saturated heterocycles. The van der Waals surface area contributed by atoms with Gasteiger partial charge in [-0.05, 0) is 24.3 Å². The van der Waals surface area contributed by atoms with Gasteiger partial charge < -0.3 is 0 Å². The van der Waals surface area contributed by atoms with E-state index >= 15 is 0 Å². The number of aromatic nitrogens is 4. The summed E-state index contributed by atoms with van der Waals surface area (Å²) in [5.74, 6) is -0.579. The molecule has 2 aromatic carbocycles. The molecule has 0 aliphatic carbocycles. The van der Waals surface area contributed by atoms with Crippen molar-refractivity contribution in [2.75, 3.05) is 0 Å². The van der Waals surface area contributed by atoms with Crippen molar-refractivity contribution in [2.24, 2.45) is 0 Å². The van der Waals surface area contributed by atoms with Crippen LogP contribution in [0.2, 0.25) is 0 Å². The molecule has 28 heavy (non-hydrogen) atoms. The van der Waals surface area contributed by atoms with E-state index in [1.54, 1.807) is 6.92 Å². The molecular weight excluding hydrogens is 379 g/mol. The van der Waals surface area contributed by atoms with Crippen LogP contribution < -0.4 is 0 Å². The molecule has 0 radical (unpaired) electrons. The van der Waals surface area contributed by atoms with E-state index in [2.05, 4.69) is 15.4 Å². The summed E-state index contributed by atoms with van der Waals surface area (Å²) in [6.45, 7) is 1.18. The Balaban J connectivity index is 1.81. The quantitative estimate of drug-likeness (QED) is 0.375. The highest BCUT2D eigenvalue weighted by molar-refractivity contribution is 5.96. The number of ketones is 1. The average Bonchev–Trinajstić information content (AvgIpc) is 3.09. The van der Waals surface area contributed by atoms with Crippen molar-refractivity contribution in [3.05, 3.63) is 69.3 Å². The van der Waals surface area contributed by atoms with Crippen molar-refractivity contribution in [3.63, 3.8) is 0 Å². The summed E-state index contributed by atoms with van der Waals surface area (Å²) in [4.78, 5) is 23.6. The molecule has 0 unspecified atom stereocenters. The van der Waals surface area contributed by atoms with Gasteiger partial charge in [-0.1, -0.05) is 24.3 Å². The number of aryl methyl sites for hydroxylation is 1. The maximum absolute atomic E-state index is 12.8. The van der Waals surface area contributed by atoms with Crippen LogP contribution in [-0.2, 0) is 12.7 Å². The van der Waals surface area contributed by atoms with Gasteiger partial charge in [0.1, 0.15) is 6.54 Å². The van der Waals surface area contributed by atoms with E-state index in [-0.39, 0.29) is 29.2 Å². The lowest BCUT2D eigenvalue weighted by Crippen LogP contribution is -2.13. The summed E-state index contributed by atoms with van der Waals surface area (Å²) in [6.07, 6.45) is -4.51. The number of nitrogens with zero attached hydrogens (tertiary/aromatic N) is 5. The van der Waals surface area contributed by atoms with E-state index in [1.165, 1.54) is 24.3 Å². The van der Waals surface area contributed by atoms with Crippen LogP contribution in [0, 0.1) is 17.0 Å². The summed E-state index contributed by atoms with van der Waals surface area (Å²) in [7, 11) is 0. The summed E-state index contributed by atoms with van der Waals surface area (Å²) in [5, 5.41) is 22.2. The Bertz CT molecular complexity index is 1060. The number of hydrogen-bond donors (Lipinski definition) is 0. The number of nitro benzene ring substituents is 1. The van der Waals surface area contributed by atoms with Crippen molar-refractivity contribution in [3.8, 4) is 11.4 Å². The standard InChI is InChI=1S/C17H12F3N5O3/c1-10-5-6-11(8-14(10)25(27)28)15(26)9-24-22-16(21-23-24)12-3-2-4-13(7-12)17(18,19)20/h2-8H,9H2,1H3. The molecule has 0 saturated carbocycles. The van der Waals surface area contributed by atoms with Gasteiger partial charge in [0.25, 0.3) is 5.69 Å². The molecule has 8 nitrogen and oxygen atoms in total. The van der Waals surface area contributed by atoms with Gasteiger partial charge in [0, 0.05) is 22.8 Å². The first kappa shape index (κ1) is 19.1.